The van der Waals surface area contributed by atoms with E-state index in [9.17, 15) is 9.59 Å². The number of carbonyl (C=O) groups is 2. The lowest BCUT2D eigenvalue weighted by Crippen LogP contribution is -3.11. The highest BCUT2D eigenvalue weighted by atomic mass is 35.5. The first-order valence-corrected chi connectivity index (χ1v) is 10.9. The normalized spacial score (nSPS) is 15.2. The molecule has 1 saturated heterocycles. The van der Waals surface area contributed by atoms with Crippen molar-refractivity contribution < 1.29 is 14.5 Å². The minimum absolute atomic E-state index is 0.124. The molecule has 1 heterocycles. The molecule has 2 aromatic rings. The third-order valence-electron chi connectivity index (χ3n) is 5.19. The molecule has 3 N–H and O–H groups in total. The van der Waals surface area contributed by atoms with Crippen molar-refractivity contribution in [2.75, 3.05) is 48.8 Å². The Morgan fingerprint density at radius 3 is 2.13 bits per heavy atom. The van der Waals surface area contributed by atoms with Crippen LogP contribution in [0.4, 0.5) is 17.1 Å². The number of hydrogen-bond donors (Lipinski definition) is 3. The van der Waals surface area contributed by atoms with Gasteiger partial charge in [0.15, 0.2) is 13.1 Å². The van der Waals surface area contributed by atoms with E-state index in [1.54, 1.807) is 18.2 Å². The average molecular weight is 430 g/mol. The zero-order valence-electron chi connectivity index (χ0n) is 17.4. The van der Waals surface area contributed by atoms with Crippen molar-refractivity contribution in [1.82, 2.24) is 0 Å². The summed E-state index contributed by atoms with van der Waals surface area (Å²) >= 11 is 6.06. The van der Waals surface area contributed by atoms with Gasteiger partial charge in [-0.05, 0) is 49.2 Å². The van der Waals surface area contributed by atoms with Gasteiger partial charge in [0.05, 0.1) is 17.8 Å². The van der Waals surface area contributed by atoms with Crippen LogP contribution in [-0.4, -0.2) is 45.0 Å². The Hall–Kier alpha value is -2.57. The molecule has 0 radical (unpaired) electrons. The van der Waals surface area contributed by atoms with Crippen LogP contribution in [0.5, 0.6) is 0 Å². The number of para-hydroxylation sites is 1. The number of anilines is 3. The van der Waals surface area contributed by atoms with Gasteiger partial charge in [0.25, 0.3) is 11.8 Å². The third kappa shape index (κ3) is 6.75. The highest BCUT2D eigenvalue weighted by Crippen LogP contribution is 2.22. The Morgan fingerprint density at radius 1 is 0.900 bits per heavy atom. The predicted molar refractivity (Wildman–Crippen MR) is 122 cm³/mol. The van der Waals surface area contributed by atoms with Crippen molar-refractivity contribution in [3.8, 4) is 0 Å². The second kappa shape index (κ2) is 11.0. The minimum atomic E-state index is -0.185. The Balaban J connectivity index is 1.45. The molecule has 0 aliphatic carbocycles. The minimum Gasteiger partial charge on any atom is -0.372 e. The third-order valence-corrected chi connectivity index (χ3v) is 5.52. The van der Waals surface area contributed by atoms with Gasteiger partial charge in [-0.3, -0.25) is 9.59 Å². The summed E-state index contributed by atoms with van der Waals surface area (Å²) in [6.45, 7) is 2.56. The summed E-state index contributed by atoms with van der Waals surface area (Å²) in [6, 6.07) is 15.1. The molecular formula is C23H30ClN4O2+. The maximum atomic E-state index is 12.4. The summed E-state index contributed by atoms with van der Waals surface area (Å²) in [5.41, 5.74) is 2.55. The van der Waals surface area contributed by atoms with Crippen molar-refractivity contribution in [2.24, 2.45) is 0 Å². The largest absolute Gasteiger partial charge is 0.372 e. The average Bonchev–Trinajstić information content (AvgIpc) is 2.99. The number of quaternary nitrogens is 1. The summed E-state index contributed by atoms with van der Waals surface area (Å²) < 4.78 is 0. The van der Waals surface area contributed by atoms with Crippen LogP contribution in [0, 0.1) is 0 Å². The molecule has 1 atom stereocenters. The molecule has 7 heteroatoms. The first-order valence-electron chi connectivity index (χ1n) is 10.5. The van der Waals surface area contributed by atoms with E-state index in [-0.39, 0.29) is 24.9 Å². The van der Waals surface area contributed by atoms with Gasteiger partial charge in [-0.1, -0.05) is 36.6 Å². The number of hydrogen-bond acceptors (Lipinski definition) is 3. The maximum absolute atomic E-state index is 12.4. The molecule has 30 heavy (non-hydrogen) atoms. The topological polar surface area (TPSA) is 65.9 Å². The van der Waals surface area contributed by atoms with Gasteiger partial charge in [0.2, 0.25) is 0 Å². The molecule has 0 spiro atoms. The molecule has 2 aromatic carbocycles. The van der Waals surface area contributed by atoms with Crippen LogP contribution in [-0.2, 0) is 9.59 Å². The number of carbonyl (C=O) groups excluding carboxylic acids is 2. The highest BCUT2D eigenvalue weighted by molar-refractivity contribution is 6.33. The van der Waals surface area contributed by atoms with E-state index in [1.165, 1.54) is 31.4 Å². The lowest BCUT2D eigenvalue weighted by atomic mass is 10.2. The molecule has 0 bridgehead atoms. The molecular weight excluding hydrogens is 400 g/mol. The lowest BCUT2D eigenvalue weighted by Gasteiger charge is -2.22. The summed E-state index contributed by atoms with van der Waals surface area (Å²) in [6.07, 6.45) is 5.07. The van der Waals surface area contributed by atoms with Gasteiger partial charge in [-0.2, -0.15) is 0 Å². The fourth-order valence-corrected chi connectivity index (χ4v) is 3.84. The van der Waals surface area contributed by atoms with Crippen LogP contribution in [0.2, 0.25) is 5.02 Å². The summed E-state index contributed by atoms with van der Waals surface area (Å²) in [7, 11) is 1.81. The van der Waals surface area contributed by atoms with Crippen molar-refractivity contribution in [2.45, 2.75) is 25.7 Å². The molecule has 0 saturated carbocycles. The molecule has 2 amide bonds. The van der Waals surface area contributed by atoms with Gasteiger partial charge in [-0.25, -0.2) is 0 Å². The fourth-order valence-electron chi connectivity index (χ4n) is 3.66. The van der Waals surface area contributed by atoms with Gasteiger partial charge in [0.1, 0.15) is 0 Å². The molecule has 1 fully saturated rings. The summed E-state index contributed by atoms with van der Waals surface area (Å²) in [5, 5.41) is 6.18. The molecule has 6 nitrogen and oxygen atoms in total. The number of amides is 2. The fraction of sp³-hybridized carbons (Fsp3) is 0.391. The van der Waals surface area contributed by atoms with E-state index in [4.69, 9.17) is 11.6 Å². The second-order valence-electron chi connectivity index (χ2n) is 7.83. The molecule has 3 rings (SSSR count). The first kappa shape index (κ1) is 22.1. The highest BCUT2D eigenvalue weighted by Gasteiger charge is 2.16. The zero-order valence-corrected chi connectivity index (χ0v) is 18.2. The van der Waals surface area contributed by atoms with E-state index in [1.807, 2.05) is 25.2 Å². The molecule has 1 unspecified atom stereocenters. The Morgan fingerprint density at radius 2 is 1.50 bits per heavy atom. The van der Waals surface area contributed by atoms with Crippen LogP contribution in [0.25, 0.3) is 0 Å². The Kier molecular flexibility index (Phi) is 8.11. The molecule has 1 aliphatic heterocycles. The SMILES string of the molecule is C[NH+](CC(=O)Nc1ccc(N2CCCCCC2)cc1)CC(=O)Nc1ccccc1Cl. The van der Waals surface area contributed by atoms with Gasteiger partial charge in [-0.15, -0.1) is 0 Å². The summed E-state index contributed by atoms with van der Waals surface area (Å²) in [5.74, 6) is -0.309. The number of likely N-dealkylation sites (N-methyl/N-ethyl adjacent to an activating group) is 1. The first-order chi connectivity index (χ1) is 14.5. The molecule has 0 aromatic heterocycles. The molecule has 160 valence electrons. The lowest BCUT2D eigenvalue weighted by molar-refractivity contribution is -0.862. The van der Waals surface area contributed by atoms with Crippen molar-refractivity contribution in [1.29, 1.82) is 0 Å². The van der Waals surface area contributed by atoms with Crippen LogP contribution < -0.4 is 20.4 Å². The number of nitrogens with zero attached hydrogens (tertiary/aromatic N) is 1. The second-order valence-corrected chi connectivity index (χ2v) is 8.24. The monoisotopic (exact) mass is 429 g/mol. The van der Waals surface area contributed by atoms with E-state index in [0.717, 1.165) is 23.7 Å². The molecule has 1 aliphatic rings. The van der Waals surface area contributed by atoms with Crippen LogP contribution in [0.15, 0.2) is 48.5 Å². The van der Waals surface area contributed by atoms with Crippen LogP contribution >= 0.6 is 11.6 Å². The predicted octanol–water partition coefficient (Wildman–Crippen LogP) is 2.81. The maximum Gasteiger partial charge on any atom is 0.279 e. The smallest absolute Gasteiger partial charge is 0.279 e. The Labute approximate surface area is 183 Å². The standard InChI is InChI=1S/C23H29ClN4O2/c1-27(17-23(30)26-21-9-5-4-8-20(21)24)16-22(29)25-18-10-12-19(13-11-18)28-14-6-2-3-7-15-28/h4-5,8-13H,2-3,6-7,14-17H2,1H3,(H,25,29)(H,26,30)/p+1. The van der Waals surface area contributed by atoms with Gasteiger partial charge < -0.3 is 20.4 Å². The van der Waals surface area contributed by atoms with Crippen molar-refractivity contribution >= 4 is 40.5 Å². The van der Waals surface area contributed by atoms with Crippen LogP contribution in [0.3, 0.4) is 0 Å². The Bertz CT molecular complexity index is 849. The number of nitrogens with one attached hydrogen (secondary N) is 3. The number of benzene rings is 2. The quantitative estimate of drug-likeness (QED) is 0.634. The van der Waals surface area contributed by atoms with Gasteiger partial charge in [0, 0.05) is 24.5 Å². The summed E-state index contributed by atoms with van der Waals surface area (Å²) in [4.78, 5) is 27.8. The van der Waals surface area contributed by atoms with Crippen molar-refractivity contribution in [3.05, 3.63) is 53.6 Å². The van der Waals surface area contributed by atoms with E-state index >= 15 is 0 Å². The number of rotatable bonds is 7. The van der Waals surface area contributed by atoms with E-state index < -0.39 is 0 Å². The number of halogens is 1. The zero-order chi connectivity index (χ0) is 21.3. The van der Waals surface area contributed by atoms with E-state index in [2.05, 4.69) is 27.7 Å². The van der Waals surface area contributed by atoms with Crippen molar-refractivity contribution in [3.63, 3.8) is 0 Å². The van der Waals surface area contributed by atoms with Crippen LogP contribution in [0.1, 0.15) is 25.7 Å². The van der Waals surface area contributed by atoms with Gasteiger partial charge >= 0.3 is 0 Å². The van der Waals surface area contributed by atoms with E-state index in [0.29, 0.717) is 10.7 Å².